The maximum Gasteiger partial charge on any atom is 0.249 e. The lowest BCUT2D eigenvalue weighted by atomic mass is 10.0. The van der Waals surface area contributed by atoms with Crippen LogP contribution in [0.15, 0.2) is 27.7 Å². The van der Waals surface area contributed by atoms with E-state index in [9.17, 15) is 9.59 Å². The van der Waals surface area contributed by atoms with Crippen LogP contribution in [-0.2, 0) is 9.59 Å². The van der Waals surface area contributed by atoms with E-state index in [1.165, 1.54) is 0 Å². The largest absolute Gasteiger partial charge is 0.273 e. The molecule has 0 aliphatic carbocycles. The van der Waals surface area contributed by atoms with Crippen molar-refractivity contribution in [3.63, 3.8) is 0 Å². The minimum absolute atomic E-state index is 0.0579. The van der Waals surface area contributed by atoms with Gasteiger partial charge in [-0.2, -0.15) is 10.2 Å². The molecule has 100 valence electrons. The van der Waals surface area contributed by atoms with Crippen molar-refractivity contribution >= 4 is 34.6 Å². The van der Waals surface area contributed by atoms with E-state index in [-0.39, 0.29) is 18.2 Å². The van der Waals surface area contributed by atoms with Gasteiger partial charge in [0, 0.05) is 17.0 Å². The van der Waals surface area contributed by atoms with E-state index < -0.39 is 5.92 Å². The van der Waals surface area contributed by atoms with E-state index in [4.69, 9.17) is 0 Å². The second kappa shape index (κ2) is 5.75. The molecule has 1 aliphatic heterocycles. The molecule has 0 saturated carbocycles. The van der Waals surface area contributed by atoms with Crippen LogP contribution >= 0.6 is 11.3 Å². The highest BCUT2D eigenvalue weighted by Crippen LogP contribution is 2.12. The van der Waals surface area contributed by atoms with Gasteiger partial charge in [-0.05, 0) is 25.3 Å². The second-order valence-corrected chi connectivity index (χ2v) is 5.14. The Morgan fingerprint density at radius 2 is 2.42 bits per heavy atom. The van der Waals surface area contributed by atoms with E-state index in [2.05, 4.69) is 21.1 Å². The molecule has 19 heavy (non-hydrogen) atoms. The van der Waals surface area contributed by atoms with Gasteiger partial charge < -0.3 is 0 Å². The molecule has 7 heteroatoms. The summed E-state index contributed by atoms with van der Waals surface area (Å²) < 4.78 is 0. The van der Waals surface area contributed by atoms with Gasteiger partial charge in [0.25, 0.3) is 0 Å². The Morgan fingerprint density at radius 3 is 3.00 bits per heavy atom. The molecule has 0 radical (unpaired) electrons. The summed E-state index contributed by atoms with van der Waals surface area (Å²) in [5.41, 5.74) is 6.17. The molecule has 2 rings (SSSR count). The number of nitrogens with one attached hydrogen (secondary N) is 2. The number of rotatable bonds is 4. The highest BCUT2D eigenvalue weighted by molar-refractivity contribution is 7.12. The number of carbonyl (C=O) groups excluding carboxylic acids is 2. The zero-order chi connectivity index (χ0) is 13.8. The van der Waals surface area contributed by atoms with E-state index in [0.717, 1.165) is 10.6 Å². The van der Waals surface area contributed by atoms with Crippen molar-refractivity contribution in [3.05, 3.63) is 22.4 Å². The molecular weight excluding hydrogens is 264 g/mol. The van der Waals surface area contributed by atoms with Crippen molar-refractivity contribution in [2.45, 2.75) is 20.3 Å². The van der Waals surface area contributed by atoms with Gasteiger partial charge in [0.2, 0.25) is 11.8 Å². The first-order chi connectivity index (χ1) is 9.08. The zero-order valence-corrected chi connectivity index (χ0v) is 11.5. The van der Waals surface area contributed by atoms with Crippen molar-refractivity contribution in [2.75, 3.05) is 0 Å². The number of hydrazone groups is 2. The zero-order valence-electron chi connectivity index (χ0n) is 10.6. The van der Waals surface area contributed by atoms with Gasteiger partial charge in [0.1, 0.15) is 0 Å². The predicted octanol–water partition coefficient (Wildman–Crippen LogP) is 1.10. The molecule has 0 aromatic carbocycles. The molecule has 1 aliphatic rings. The molecule has 0 bridgehead atoms. The van der Waals surface area contributed by atoms with Gasteiger partial charge in [0.05, 0.1) is 11.6 Å². The Bertz CT molecular complexity index is 548. The third-order valence-corrected chi connectivity index (χ3v) is 3.76. The lowest BCUT2D eigenvalue weighted by Crippen LogP contribution is -2.29. The molecule has 0 fully saturated rings. The summed E-state index contributed by atoms with van der Waals surface area (Å²) >= 11 is 1.55. The summed E-state index contributed by atoms with van der Waals surface area (Å²) in [7, 11) is 0. The topological polar surface area (TPSA) is 82.9 Å². The van der Waals surface area contributed by atoms with Crippen LogP contribution in [0.4, 0.5) is 0 Å². The number of hydrogen-bond donors (Lipinski definition) is 2. The SMILES string of the molecule is CC1=NNC(=O)[C@@H]1CC(=O)N/N=C(/C)c1cccs1. The van der Waals surface area contributed by atoms with Gasteiger partial charge >= 0.3 is 0 Å². The summed E-state index contributed by atoms with van der Waals surface area (Å²) in [6.07, 6.45) is 0.0579. The van der Waals surface area contributed by atoms with Crippen LogP contribution in [0.5, 0.6) is 0 Å². The monoisotopic (exact) mass is 278 g/mol. The number of thiophene rings is 1. The Labute approximate surface area is 114 Å². The lowest BCUT2D eigenvalue weighted by Gasteiger charge is -2.06. The van der Waals surface area contributed by atoms with E-state index in [1.54, 1.807) is 18.3 Å². The average molecular weight is 278 g/mol. The second-order valence-electron chi connectivity index (χ2n) is 4.20. The van der Waals surface area contributed by atoms with E-state index >= 15 is 0 Å². The Hall–Kier alpha value is -2.02. The number of amides is 2. The van der Waals surface area contributed by atoms with Crippen molar-refractivity contribution in [3.8, 4) is 0 Å². The van der Waals surface area contributed by atoms with Crippen molar-refractivity contribution in [1.82, 2.24) is 10.9 Å². The predicted molar refractivity (Wildman–Crippen MR) is 74.0 cm³/mol. The van der Waals surface area contributed by atoms with Crippen molar-refractivity contribution < 1.29 is 9.59 Å². The van der Waals surface area contributed by atoms with Gasteiger partial charge in [-0.25, -0.2) is 10.9 Å². The summed E-state index contributed by atoms with van der Waals surface area (Å²) in [4.78, 5) is 24.1. The number of carbonyl (C=O) groups is 2. The van der Waals surface area contributed by atoms with Crippen LogP contribution in [0.3, 0.4) is 0 Å². The summed E-state index contributed by atoms with van der Waals surface area (Å²) in [5.74, 6) is -1.03. The molecule has 1 aromatic rings. The summed E-state index contributed by atoms with van der Waals surface area (Å²) in [5, 5.41) is 9.75. The minimum Gasteiger partial charge on any atom is -0.273 e. The molecule has 1 aromatic heterocycles. The minimum atomic E-state index is -0.489. The normalized spacial score (nSPS) is 19.1. The summed E-state index contributed by atoms with van der Waals surface area (Å²) in [6, 6.07) is 3.85. The van der Waals surface area contributed by atoms with Crippen LogP contribution in [0.2, 0.25) is 0 Å². The fraction of sp³-hybridized carbons (Fsp3) is 0.333. The third-order valence-electron chi connectivity index (χ3n) is 2.78. The Morgan fingerprint density at radius 1 is 1.63 bits per heavy atom. The molecule has 2 N–H and O–H groups in total. The van der Waals surface area contributed by atoms with Crippen LogP contribution < -0.4 is 10.9 Å². The first-order valence-electron chi connectivity index (χ1n) is 5.79. The highest BCUT2D eigenvalue weighted by atomic mass is 32.1. The Balaban J connectivity index is 1.90. The molecule has 2 amide bonds. The fourth-order valence-electron chi connectivity index (χ4n) is 1.65. The van der Waals surface area contributed by atoms with E-state index in [0.29, 0.717) is 5.71 Å². The Kier molecular flexibility index (Phi) is 4.06. The van der Waals surface area contributed by atoms with Crippen LogP contribution in [0.1, 0.15) is 25.1 Å². The van der Waals surface area contributed by atoms with Crippen LogP contribution in [0, 0.1) is 5.92 Å². The average Bonchev–Trinajstić information content (AvgIpc) is 3.01. The highest BCUT2D eigenvalue weighted by Gasteiger charge is 2.29. The van der Waals surface area contributed by atoms with Crippen molar-refractivity contribution in [2.24, 2.45) is 16.1 Å². The molecule has 2 heterocycles. The first-order valence-corrected chi connectivity index (χ1v) is 6.67. The number of hydrogen-bond acceptors (Lipinski definition) is 5. The van der Waals surface area contributed by atoms with E-state index in [1.807, 2.05) is 24.4 Å². The molecule has 1 atom stereocenters. The quantitative estimate of drug-likeness (QED) is 0.638. The molecule has 0 spiro atoms. The summed E-state index contributed by atoms with van der Waals surface area (Å²) in [6.45, 7) is 3.54. The van der Waals surface area contributed by atoms with Gasteiger partial charge in [-0.3, -0.25) is 9.59 Å². The first kappa shape index (κ1) is 13.4. The molecule has 0 saturated heterocycles. The van der Waals surface area contributed by atoms with Crippen molar-refractivity contribution in [1.29, 1.82) is 0 Å². The maximum absolute atomic E-state index is 11.7. The third kappa shape index (κ3) is 3.25. The number of nitrogens with zero attached hydrogens (tertiary/aromatic N) is 2. The standard InChI is InChI=1S/C12H14N4O2S/c1-7-9(12(18)16-13-7)6-11(17)15-14-8(2)10-4-3-5-19-10/h3-5,9H,6H2,1-2H3,(H,15,17)(H,16,18)/b14-8-/t9-/m1/s1. The molecular formula is C12H14N4O2S. The van der Waals surface area contributed by atoms with Gasteiger partial charge in [-0.1, -0.05) is 6.07 Å². The van der Waals surface area contributed by atoms with Crippen LogP contribution in [-0.4, -0.2) is 23.2 Å². The maximum atomic E-state index is 11.7. The molecule has 0 unspecified atom stereocenters. The molecule has 6 nitrogen and oxygen atoms in total. The van der Waals surface area contributed by atoms with Gasteiger partial charge in [-0.15, -0.1) is 11.3 Å². The fourth-order valence-corrected chi connectivity index (χ4v) is 2.32. The van der Waals surface area contributed by atoms with Gasteiger partial charge in [0.15, 0.2) is 0 Å². The smallest absolute Gasteiger partial charge is 0.249 e. The lowest BCUT2D eigenvalue weighted by molar-refractivity contribution is -0.127. The van der Waals surface area contributed by atoms with Crippen LogP contribution in [0.25, 0.3) is 0 Å².